The fourth-order valence-corrected chi connectivity index (χ4v) is 2.82. The summed E-state index contributed by atoms with van der Waals surface area (Å²) in [6.45, 7) is 5.67. The molecule has 0 aliphatic carbocycles. The van der Waals surface area contributed by atoms with E-state index in [1.54, 1.807) is 0 Å². The molecule has 1 atom stereocenters. The van der Waals surface area contributed by atoms with E-state index in [2.05, 4.69) is 35.9 Å². The van der Waals surface area contributed by atoms with Crippen molar-refractivity contribution in [3.63, 3.8) is 0 Å². The fourth-order valence-electron chi connectivity index (χ4n) is 2.82. The van der Waals surface area contributed by atoms with Gasteiger partial charge in [0.2, 0.25) is 0 Å². The largest absolute Gasteiger partial charge is 0.480 e. The van der Waals surface area contributed by atoms with Crippen LogP contribution in [0.4, 0.5) is 0 Å². The number of aliphatic carboxylic acids is 1. The Labute approximate surface area is 121 Å². The molecule has 110 valence electrons. The van der Waals surface area contributed by atoms with Gasteiger partial charge in [-0.25, -0.2) is 0 Å². The number of piperazine rings is 1. The van der Waals surface area contributed by atoms with Crippen molar-refractivity contribution in [3.05, 3.63) is 35.4 Å². The van der Waals surface area contributed by atoms with Crippen LogP contribution in [0.15, 0.2) is 24.3 Å². The molecule has 1 heterocycles. The Morgan fingerprint density at radius 1 is 1.20 bits per heavy atom. The molecular weight excluding hydrogens is 252 g/mol. The molecule has 0 bridgehead atoms. The zero-order chi connectivity index (χ0) is 14.5. The third-order valence-electron chi connectivity index (χ3n) is 4.18. The van der Waals surface area contributed by atoms with E-state index in [4.69, 9.17) is 0 Å². The highest BCUT2D eigenvalue weighted by atomic mass is 16.4. The summed E-state index contributed by atoms with van der Waals surface area (Å²) in [5, 5.41) is 9.56. The lowest BCUT2D eigenvalue weighted by Gasteiger charge is -2.36. The lowest BCUT2D eigenvalue weighted by Crippen LogP contribution is -2.52. The molecule has 20 heavy (non-hydrogen) atoms. The van der Waals surface area contributed by atoms with Crippen LogP contribution in [0, 0.1) is 0 Å². The Bertz CT molecular complexity index is 454. The Balaban J connectivity index is 2.11. The number of carboxylic acid groups (broad SMARTS) is 1. The van der Waals surface area contributed by atoms with Gasteiger partial charge < -0.3 is 10.0 Å². The first-order valence-electron chi connectivity index (χ1n) is 7.34. The van der Waals surface area contributed by atoms with Crippen molar-refractivity contribution in [3.8, 4) is 0 Å². The lowest BCUT2D eigenvalue weighted by molar-refractivity contribution is -0.144. The highest BCUT2D eigenvalue weighted by molar-refractivity contribution is 5.74. The third-order valence-corrected chi connectivity index (χ3v) is 4.18. The Morgan fingerprint density at radius 2 is 1.80 bits per heavy atom. The molecule has 1 aliphatic rings. The highest BCUT2D eigenvalue weighted by Crippen LogP contribution is 2.16. The number of hydrogen-bond donors (Lipinski definition) is 1. The van der Waals surface area contributed by atoms with Crippen LogP contribution < -0.4 is 0 Å². The molecule has 0 saturated carbocycles. The first-order chi connectivity index (χ1) is 9.61. The fraction of sp³-hybridized carbons (Fsp3) is 0.562. The molecule has 4 nitrogen and oxygen atoms in total. The van der Waals surface area contributed by atoms with E-state index in [0.29, 0.717) is 6.42 Å². The van der Waals surface area contributed by atoms with Gasteiger partial charge in [-0.05, 0) is 31.0 Å². The minimum Gasteiger partial charge on any atom is -0.480 e. The summed E-state index contributed by atoms with van der Waals surface area (Å²) in [5.41, 5.74) is 2.43. The van der Waals surface area contributed by atoms with Gasteiger partial charge >= 0.3 is 5.97 Å². The molecule has 1 aromatic carbocycles. The van der Waals surface area contributed by atoms with Gasteiger partial charge in [0.15, 0.2) is 0 Å². The summed E-state index contributed by atoms with van der Waals surface area (Å²) in [4.78, 5) is 16.0. The topological polar surface area (TPSA) is 43.8 Å². The normalized spacial score (nSPS) is 18.9. The smallest absolute Gasteiger partial charge is 0.321 e. The lowest BCUT2D eigenvalue weighted by atomic mass is 9.97. The van der Waals surface area contributed by atoms with Crippen LogP contribution in [0.1, 0.15) is 18.1 Å². The predicted octanol–water partition coefficient (Wildman–Crippen LogP) is 1.49. The van der Waals surface area contributed by atoms with E-state index in [-0.39, 0.29) is 0 Å². The van der Waals surface area contributed by atoms with E-state index >= 15 is 0 Å². The second-order valence-electron chi connectivity index (χ2n) is 5.52. The van der Waals surface area contributed by atoms with Gasteiger partial charge in [-0.1, -0.05) is 31.2 Å². The van der Waals surface area contributed by atoms with Crippen LogP contribution in [0.3, 0.4) is 0 Å². The van der Waals surface area contributed by atoms with Crippen molar-refractivity contribution in [2.45, 2.75) is 25.8 Å². The number of likely N-dealkylation sites (N-methyl/N-ethyl adjacent to an activating group) is 1. The standard InChI is InChI=1S/C16H24N2O2/c1-3-13-6-4-5-7-14(13)12-15(16(19)20)18-10-8-17(2)9-11-18/h4-7,15H,3,8-12H2,1-2H3,(H,19,20)/t15-/m0/s1. The molecule has 1 saturated heterocycles. The summed E-state index contributed by atoms with van der Waals surface area (Å²) >= 11 is 0. The molecule has 0 unspecified atom stereocenters. The van der Waals surface area contributed by atoms with Crippen molar-refractivity contribution >= 4 is 5.97 Å². The van der Waals surface area contributed by atoms with Gasteiger partial charge in [-0.15, -0.1) is 0 Å². The minimum absolute atomic E-state index is 0.406. The average molecular weight is 276 g/mol. The Kier molecular flexibility index (Phi) is 5.15. The molecule has 0 amide bonds. The molecule has 1 N–H and O–H groups in total. The monoisotopic (exact) mass is 276 g/mol. The first-order valence-corrected chi connectivity index (χ1v) is 7.34. The van der Waals surface area contributed by atoms with Crippen LogP contribution in [0.2, 0.25) is 0 Å². The molecule has 1 aliphatic heterocycles. The van der Waals surface area contributed by atoms with E-state index < -0.39 is 12.0 Å². The molecule has 0 spiro atoms. The number of rotatable bonds is 5. The second kappa shape index (κ2) is 6.86. The summed E-state index contributed by atoms with van der Waals surface area (Å²) in [7, 11) is 2.08. The summed E-state index contributed by atoms with van der Waals surface area (Å²) < 4.78 is 0. The van der Waals surface area contributed by atoms with Gasteiger partial charge in [0.05, 0.1) is 0 Å². The average Bonchev–Trinajstić information content (AvgIpc) is 2.46. The molecule has 1 aromatic rings. The number of nitrogens with zero attached hydrogens (tertiary/aromatic N) is 2. The van der Waals surface area contributed by atoms with Crippen molar-refractivity contribution in [1.29, 1.82) is 0 Å². The minimum atomic E-state index is -0.708. The van der Waals surface area contributed by atoms with E-state index in [1.165, 1.54) is 11.1 Å². The van der Waals surface area contributed by atoms with Gasteiger partial charge in [0, 0.05) is 26.2 Å². The number of hydrogen-bond acceptors (Lipinski definition) is 3. The van der Waals surface area contributed by atoms with E-state index in [9.17, 15) is 9.90 Å². The zero-order valence-electron chi connectivity index (χ0n) is 12.4. The Hall–Kier alpha value is -1.39. The highest BCUT2D eigenvalue weighted by Gasteiger charge is 2.28. The SMILES string of the molecule is CCc1ccccc1C[C@@H](C(=O)O)N1CCN(C)CC1. The van der Waals surface area contributed by atoms with Crippen molar-refractivity contribution < 1.29 is 9.90 Å². The maximum atomic E-state index is 11.6. The van der Waals surface area contributed by atoms with Crippen molar-refractivity contribution in [2.75, 3.05) is 33.2 Å². The molecule has 0 radical (unpaired) electrons. The van der Waals surface area contributed by atoms with Gasteiger partial charge in [-0.3, -0.25) is 9.69 Å². The first kappa shape index (κ1) is 15.0. The number of carboxylic acids is 1. The van der Waals surface area contributed by atoms with Gasteiger partial charge in [0.25, 0.3) is 0 Å². The van der Waals surface area contributed by atoms with Gasteiger partial charge in [-0.2, -0.15) is 0 Å². The number of benzene rings is 1. The zero-order valence-corrected chi connectivity index (χ0v) is 12.4. The summed E-state index contributed by atoms with van der Waals surface area (Å²) in [6, 6.07) is 7.77. The second-order valence-corrected chi connectivity index (χ2v) is 5.52. The van der Waals surface area contributed by atoms with Crippen LogP contribution >= 0.6 is 0 Å². The third kappa shape index (κ3) is 3.58. The van der Waals surface area contributed by atoms with Crippen LogP contribution in [-0.2, 0) is 17.6 Å². The van der Waals surface area contributed by atoms with E-state index in [0.717, 1.165) is 32.6 Å². The molecule has 4 heteroatoms. The van der Waals surface area contributed by atoms with Crippen molar-refractivity contribution in [2.24, 2.45) is 0 Å². The van der Waals surface area contributed by atoms with Crippen molar-refractivity contribution in [1.82, 2.24) is 9.80 Å². The number of aryl methyl sites for hydroxylation is 1. The van der Waals surface area contributed by atoms with Crippen LogP contribution in [0.25, 0.3) is 0 Å². The predicted molar refractivity (Wildman–Crippen MR) is 80.0 cm³/mol. The van der Waals surface area contributed by atoms with E-state index in [1.807, 2.05) is 12.1 Å². The quantitative estimate of drug-likeness (QED) is 0.885. The molecule has 0 aromatic heterocycles. The number of carbonyl (C=O) groups is 1. The Morgan fingerprint density at radius 3 is 2.35 bits per heavy atom. The molecule has 1 fully saturated rings. The summed E-state index contributed by atoms with van der Waals surface area (Å²) in [5.74, 6) is -0.708. The maximum absolute atomic E-state index is 11.6. The maximum Gasteiger partial charge on any atom is 0.321 e. The summed E-state index contributed by atoms with van der Waals surface area (Å²) in [6.07, 6.45) is 1.55. The molecular formula is C16H24N2O2. The van der Waals surface area contributed by atoms with Crippen LogP contribution in [-0.4, -0.2) is 60.1 Å². The molecule has 2 rings (SSSR count). The van der Waals surface area contributed by atoms with Crippen LogP contribution in [0.5, 0.6) is 0 Å². The van der Waals surface area contributed by atoms with Gasteiger partial charge in [0.1, 0.15) is 6.04 Å².